The molecule has 0 aromatic carbocycles. The second kappa shape index (κ2) is 5.09. The monoisotopic (exact) mass is 290 g/mol. The average Bonchev–Trinajstić information content (AvgIpc) is 3.01. The molecule has 0 spiro atoms. The molecule has 6 nitrogen and oxygen atoms in total. The van der Waals surface area contributed by atoms with Gasteiger partial charge in [0, 0.05) is 18.9 Å². The van der Waals surface area contributed by atoms with Gasteiger partial charge in [-0.3, -0.25) is 13.9 Å². The van der Waals surface area contributed by atoms with Gasteiger partial charge in [0.2, 0.25) is 0 Å². The second-order valence-corrected chi connectivity index (χ2v) is 5.47. The van der Waals surface area contributed by atoms with Crippen LogP contribution in [0.4, 0.5) is 0 Å². The number of nitrogens with zero attached hydrogens (tertiary/aromatic N) is 3. The van der Waals surface area contributed by atoms with Crippen LogP contribution in [0.3, 0.4) is 0 Å². The standard InChI is InChI=1S/C13H14N4O2S/c1-2-4-16-5-6-17(13(16)19)8-10-14-9-3-7-20-11(9)12(18)15-10/h3,5-7H,2,4,8H2,1H3,(H,14,15,18). The number of fused-ring (bicyclic) bond motifs is 1. The number of aromatic nitrogens is 4. The van der Waals surface area contributed by atoms with Gasteiger partial charge in [-0.25, -0.2) is 9.78 Å². The highest BCUT2D eigenvalue weighted by Gasteiger charge is 2.08. The molecule has 0 bridgehead atoms. The van der Waals surface area contributed by atoms with Gasteiger partial charge in [-0.1, -0.05) is 6.92 Å². The first-order valence-electron chi connectivity index (χ1n) is 6.41. The predicted octanol–water partition coefficient (Wildman–Crippen LogP) is 1.41. The summed E-state index contributed by atoms with van der Waals surface area (Å²) in [4.78, 5) is 31.0. The fourth-order valence-corrected chi connectivity index (χ4v) is 2.87. The third-order valence-corrected chi connectivity index (χ3v) is 3.97. The molecule has 3 aromatic rings. The largest absolute Gasteiger partial charge is 0.328 e. The van der Waals surface area contributed by atoms with Crippen LogP contribution in [0.1, 0.15) is 19.2 Å². The van der Waals surface area contributed by atoms with E-state index in [0.717, 1.165) is 6.42 Å². The van der Waals surface area contributed by atoms with E-state index >= 15 is 0 Å². The minimum Gasteiger partial charge on any atom is -0.308 e. The summed E-state index contributed by atoms with van der Waals surface area (Å²) < 4.78 is 3.82. The Morgan fingerprint density at radius 3 is 2.90 bits per heavy atom. The molecule has 3 rings (SSSR count). The van der Waals surface area contributed by atoms with Gasteiger partial charge in [-0.2, -0.15) is 0 Å². The van der Waals surface area contributed by atoms with Crippen LogP contribution in [0, 0.1) is 0 Å². The van der Waals surface area contributed by atoms with Crippen molar-refractivity contribution >= 4 is 21.6 Å². The lowest BCUT2D eigenvalue weighted by Gasteiger charge is -2.02. The van der Waals surface area contributed by atoms with Crippen LogP contribution in [0.5, 0.6) is 0 Å². The predicted molar refractivity (Wildman–Crippen MR) is 78.3 cm³/mol. The Bertz CT molecular complexity index is 855. The highest BCUT2D eigenvalue weighted by molar-refractivity contribution is 7.17. The van der Waals surface area contributed by atoms with Gasteiger partial charge in [-0.05, 0) is 17.9 Å². The number of aromatic amines is 1. The van der Waals surface area contributed by atoms with E-state index in [2.05, 4.69) is 9.97 Å². The molecule has 7 heteroatoms. The normalized spacial score (nSPS) is 11.2. The Morgan fingerprint density at radius 1 is 1.30 bits per heavy atom. The Hall–Kier alpha value is -2.15. The Labute approximate surface area is 118 Å². The zero-order valence-corrected chi connectivity index (χ0v) is 11.8. The number of rotatable bonds is 4. The van der Waals surface area contributed by atoms with Crippen LogP contribution in [-0.2, 0) is 13.1 Å². The van der Waals surface area contributed by atoms with E-state index in [1.165, 1.54) is 11.3 Å². The Balaban J connectivity index is 1.97. The fourth-order valence-electron chi connectivity index (χ4n) is 2.14. The van der Waals surface area contributed by atoms with E-state index in [4.69, 9.17) is 0 Å². The molecule has 0 aliphatic rings. The minimum absolute atomic E-state index is 0.0834. The zero-order chi connectivity index (χ0) is 14.1. The molecular formula is C13H14N4O2S. The van der Waals surface area contributed by atoms with E-state index in [1.807, 2.05) is 18.4 Å². The molecule has 3 heterocycles. The molecule has 0 amide bonds. The Kier molecular flexibility index (Phi) is 3.27. The second-order valence-electron chi connectivity index (χ2n) is 4.55. The molecule has 0 atom stereocenters. The van der Waals surface area contributed by atoms with Crippen molar-refractivity contribution in [1.29, 1.82) is 0 Å². The van der Waals surface area contributed by atoms with Gasteiger partial charge < -0.3 is 4.98 Å². The first-order valence-corrected chi connectivity index (χ1v) is 7.29. The van der Waals surface area contributed by atoms with Crippen LogP contribution >= 0.6 is 11.3 Å². The van der Waals surface area contributed by atoms with Crippen LogP contribution in [0.15, 0.2) is 33.4 Å². The van der Waals surface area contributed by atoms with Crippen molar-refractivity contribution in [1.82, 2.24) is 19.1 Å². The summed E-state index contributed by atoms with van der Waals surface area (Å²) in [6, 6.07) is 1.81. The Morgan fingerprint density at radius 2 is 2.10 bits per heavy atom. The van der Waals surface area contributed by atoms with Crippen LogP contribution < -0.4 is 11.2 Å². The molecule has 0 aliphatic carbocycles. The number of imidazole rings is 1. The molecule has 20 heavy (non-hydrogen) atoms. The lowest BCUT2D eigenvalue weighted by molar-refractivity contribution is 0.617. The van der Waals surface area contributed by atoms with E-state index < -0.39 is 0 Å². The SMILES string of the molecule is CCCn1ccn(Cc2nc3ccsc3c(=O)[nH]2)c1=O. The van der Waals surface area contributed by atoms with Crippen molar-refractivity contribution in [2.75, 3.05) is 0 Å². The van der Waals surface area contributed by atoms with Gasteiger partial charge in [-0.15, -0.1) is 11.3 Å². The summed E-state index contributed by atoms with van der Waals surface area (Å²) in [5, 5.41) is 1.83. The van der Waals surface area contributed by atoms with Crippen molar-refractivity contribution in [2.24, 2.45) is 0 Å². The van der Waals surface area contributed by atoms with Crippen molar-refractivity contribution < 1.29 is 0 Å². The number of nitrogens with one attached hydrogen (secondary N) is 1. The quantitative estimate of drug-likeness (QED) is 0.789. The maximum absolute atomic E-state index is 12.1. The van der Waals surface area contributed by atoms with Gasteiger partial charge in [0.15, 0.2) is 0 Å². The van der Waals surface area contributed by atoms with Crippen LogP contribution in [0.2, 0.25) is 0 Å². The number of hydrogen-bond donors (Lipinski definition) is 1. The number of hydrogen-bond acceptors (Lipinski definition) is 4. The highest BCUT2D eigenvalue weighted by atomic mass is 32.1. The van der Waals surface area contributed by atoms with Crippen molar-refractivity contribution in [3.63, 3.8) is 0 Å². The number of thiophene rings is 1. The molecule has 3 aromatic heterocycles. The maximum atomic E-state index is 12.1. The van der Waals surface area contributed by atoms with E-state index in [9.17, 15) is 9.59 Å². The van der Waals surface area contributed by atoms with Crippen molar-refractivity contribution in [3.05, 3.63) is 50.5 Å². The maximum Gasteiger partial charge on any atom is 0.328 e. The summed E-state index contributed by atoms with van der Waals surface area (Å²) in [5.74, 6) is 0.497. The number of H-pyrrole nitrogens is 1. The third-order valence-electron chi connectivity index (χ3n) is 3.07. The lowest BCUT2D eigenvalue weighted by atomic mass is 10.4. The van der Waals surface area contributed by atoms with E-state index in [-0.39, 0.29) is 17.8 Å². The molecule has 0 radical (unpaired) electrons. The summed E-state index contributed by atoms with van der Waals surface area (Å²) in [6.07, 6.45) is 4.38. The fraction of sp³-hybridized carbons (Fsp3) is 0.308. The first kappa shape index (κ1) is 12.9. The van der Waals surface area contributed by atoms with E-state index in [1.54, 1.807) is 21.5 Å². The first-order chi connectivity index (χ1) is 9.69. The molecule has 0 aliphatic heterocycles. The molecule has 0 unspecified atom stereocenters. The van der Waals surface area contributed by atoms with Crippen LogP contribution in [0.25, 0.3) is 10.2 Å². The summed E-state index contributed by atoms with van der Waals surface area (Å²) in [7, 11) is 0. The molecular weight excluding hydrogens is 276 g/mol. The zero-order valence-electron chi connectivity index (χ0n) is 11.0. The van der Waals surface area contributed by atoms with Gasteiger partial charge in [0.05, 0.1) is 12.1 Å². The lowest BCUT2D eigenvalue weighted by Crippen LogP contribution is -2.25. The van der Waals surface area contributed by atoms with Gasteiger partial charge in [0.25, 0.3) is 5.56 Å². The topological polar surface area (TPSA) is 72.7 Å². The molecule has 0 saturated carbocycles. The average molecular weight is 290 g/mol. The summed E-state index contributed by atoms with van der Waals surface area (Å²) in [6.45, 7) is 2.99. The molecule has 0 saturated heterocycles. The van der Waals surface area contributed by atoms with Crippen molar-refractivity contribution in [3.8, 4) is 0 Å². The van der Waals surface area contributed by atoms with Gasteiger partial charge in [0.1, 0.15) is 10.5 Å². The highest BCUT2D eigenvalue weighted by Crippen LogP contribution is 2.13. The number of aryl methyl sites for hydroxylation is 1. The smallest absolute Gasteiger partial charge is 0.308 e. The van der Waals surface area contributed by atoms with Gasteiger partial charge >= 0.3 is 5.69 Å². The molecule has 104 valence electrons. The van der Waals surface area contributed by atoms with E-state index in [0.29, 0.717) is 22.6 Å². The minimum atomic E-state index is -0.152. The summed E-state index contributed by atoms with van der Waals surface area (Å²) >= 11 is 1.36. The third kappa shape index (κ3) is 2.20. The summed E-state index contributed by atoms with van der Waals surface area (Å²) in [5.41, 5.74) is 0.441. The van der Waals surface area contributed by atoms with Crippen molar-refractivity contribution in [2.45, 2.75) is 26.4 Å². The molecule has 0 fully saturated rings. The van der Waals surface area contributed by atoms with Crippen LogP contribution in [-0.4, -0.2) is 19.1 Å². The molecule has 1 N–H and O–H groups in total.